The highest BCUT2D eigenvalue weighted by molar-refractivity contribution is 7.99. The lowest BCUT2D eigenvalue weighted by molar-refractivity contribution is -0.142. The van der Waals surface area contributed by atoms with E-state index in [0.29, 0.717) is 11.6 Å². The van der Waals surface area contributed by atoms with Gasteiger partial charge in [0.15, 0.2) is 0 Å². The van der Waals surface area contributed by atoms with Gasteiger partial charge in [0.25, 0.3) is 5.91 Å². The van der Waals surface area contributed by atoms with Crippen LogP contribution < -0.4 is 10.2 Å². The summed E-state index contributed by atoms with van der Waals surface area (Å²) in [5.74, 6) is 0.373. The van der Waals surface area contributed by atoms with Crippen molar-refractivity contribution >= 4 is 40.9 Å². The zero-order valence-electron chi connectivity index (χ0n) is 18.9. The first-order chi connectivity index (χ1) is 17.1. The molecule has 35 heavy (non-hydrogen) atoms. The van der Waals surface area contributed by atoms with Crippen molar-refractivity contribution in [3.63, 3.8) is 0 Å². The van der Waals surface area contributed by atoms with E-state index in [1.807, 2.05) is 72.8 Å². The van der Waals surface area contributed by atoms with Gasteiger partial charge in [-0.1, -0.05) is 66.7 Å². The standard InChI is InChI=1S/C28H23N3O3S/c32-23-15-27(26(34)31(23)19-11-5-2-6-12-19)24(18-9-3-1-4-10-18)22-16-35-17-30(22)28(27)20-13-7-8-14-21(20)29-25(28)33/h1-14,22,24H,15-17H2,(H,29,33)/t22-,24-,27-,28-/m0/s1. The maximum absolute atomic E-state index is 14.8. The Morgan fingerprint density at radius 2 is 1.54 bits per heavy atom. The van der Waals surface area contributed by atoms with Crippen LogP contribution in [0.5, 0.6) is 0 Å². The quantitative estimate of drug-likeness (QED) is 0.562. The van der Waals surface area contributed by atoms with Crippen molar-refractivity contribution in [2.24, 2.45) is 5.41 Å². The van der Waals surface area contributed by atoms with Crippen molar-refractivity contribution in [1.29, 1.82) is 0 Å². The molecule has 3 saturated heterocycles. The highest BCUT2D eigenvalue weighted by Crippen LogP contribution is 2.70. The topological polar surface area (TPSA) is 69.7 Å². The van der Waals surface area contributed by atoms with Crippen LogP contribution in [-0.4, -0.2) is 40.3 Å². The number of carbonyl (C=O) groups is 3. The fourth-order valence-electron chi connectivity index (χ4n) is 7.10. The smallest absolute Gasteiger partial charge is 0.250 e. The van der Waals surface area contributed by atoms with Crippen LogP contribution in [0.15, 0.2) is 84.9 Å². The lowest BCUT2D eigenvalue weighted by Crippen LogP contribution is -2.59. The number of nitrogens with zero attached hydrogens (tertiary/aromatic N) is 2. The number of hydrogen-bond acceptors (Lipinski definition) is 5. The summed E-state index contributed by atoms with van der Waals surface area (Å²) >= 11 is 1.78. The number of benzene rings is 3. The molecule has 0 radical (unpaired) electrons. The summed E-state index contributed by atoms with van der Waals surface area (Å²) in [4.78, 5) is 46.2. The average Bonchev–Trinajstić information content (AvgIpc) is 3.58. The van der Waals surface area contributed by atoms with Gasteiger partial charge in [-0.05, 0) is 23.8 Å². The molecule has 4 atom stereocenters. The minimum atomic E-state index is -1.26. The number of hydrogen-bond donors (Lipinski definition) is 1. The van der Waals surface area contributed by atoms with Crippen molar-refractivity contribution in [3.8, 4) is 0 Å². The second kappa shape index (κ2) is 7.29. The first-order valence-electron chi connectivity index (χ1n) is 11.8. The molecule has 3 amide bonds. The second-order valence-electron chi connectivity index (χ2n) is 9.65. The molecule has 0 bridgehead atoms. The van der Waals surface area contributed by atoms with Gasteiger partial charge in [-0.3, -0.25) is 19.3 Å². The first kappa shape index (κ1) is 20.9. The Balaban J connectivity index is 1.55. The van der Waals surface area contributed by atoms with Gasteiger partial charge >= 0.3 is 0 Å². The fraction of sp³-hybridized carbons (Fsp3) is 0.250. The summed E-state index contributed by atoms with van der Waals surface area (Å²) in [6, 6.07) is 26.7. The van der Waals surface area contributed by atoms with Crippen molar-refractivity contribution < 1.29 is 14.4 Å². The Labute approximate surface area is 207 Å². The SMILES string of the molecule is O=C1C[C@@]2(C(=O)N1c1ccccc1)[C@@H](c1ccccc1)[C@@H]1CSCN1[C@@]21C(=O)Nc2ccccc21. The van der Waals surface area contributed by atoms with Crippen LogP contribution in [0.25, 0.3) is 0 Å². The monoisotopic (exact) mass is 481 g/mol. The number of carbonyl (C=O) groups excluding carboxylic acids is 3. The first-order valence-corrected chi connectivity index (χ1v) is 13.0. The summed E-state index contributed by atoms with van der Waals surface area (Å²) in [6.07, 6.45) is -0.0142. The van der Waals surface area contributed by atoms with Gasteiger partial charge in [-0.15, -0.1) is 11.8 Å². The van der Waals surface area contributed by atoms with Crippen LogP contribution >= 0.6 is 11.8 Å². The van der Waals surface area contributed by atoms with Crippen LogP contribution in [0.2, 0.25) is 0 Å². The van der Waals surface area contributed by atoms with E-state index >= 15 is 0 Å². The average molecular weight is 482 g/mol. The third kappa shape index (κ3) is 2.42. The molecule has 3 aromatic carbocycles. The summed E-state index contributed by atoms with van der Waals surface area (Å²) in [6.45, 7) is 0. The number of imide groups is 1. The van der Waals surface area contributed by atoms with Gasteiger partial charge in [0.05, 0.1) is 11.1 Å². The highest BCUT2D eigenvalue weighted by atomic mass is 32.2. The second-order valence-corrected chi connectivity index (χ2v) is 10.7. The molecule has 0 aliphatic carbocycles. The number of fused-ring (bicyclic) bond motifs is 5. The Morgan fingerprint density at radius 1 is 0.857 bits per heavy atom. The van der Waals surface area contributed by atoms with E-state index in [4.69, 9.17) is 0 Å². The molecule has 0 unspecified atom stereocenters. The van der Waals surface area contributed by atoms with Crippen molar-refractivity contribution in [1.82, 2.24) is 4.90 Å². The van der Waals surface area contributed by atoms with Crippen molar-refractivity contribution in [2.45, 2.75) is 23.9 Å². The van der Waals surface area contributed by atoms with Gasteiger partial charge in [0.1, 0.15) is 5.54 Å². The zero-order valence-corrected chi connectivity index (χ0v) is 19.7. The molecule has 0 saturated carbocycles. The minimum Gasteiger partial charge on any atom is -0.324 e. The number of anilines is 2. The van der Waals surface area contributed by atoms with Crippen molar-refractivity contribution in [2.75, 3.05) is 21.8 Å². The largest absolute Gasteiger partial charge is 0.324 e. The molecule has 174 valence electrons. The number of rotatable bonds is 2. The number of thioether (sulfide) groups is 1. The minimum absolute atomic E-state index is 0.0142. The Bertz CT molecular complexity index is 1380. The maximum atomic E-state index is 14.8. The van der Waals surface area contributed by atoms with Crippen LogP contribution in [0.4, 0.5) is 11.4 Å². The van der Waals surface area contributed by atoms with Gasteiger partial charge < -0.3 is 5.32 Å². The molecule has 4 heterocycles. The summed E-state index contributed by atoms with van der Waals surface area (Å²) in [5.41, 5.74) is 0.550. The number of para-hydroxylation sites is 2. The highest BCUT2D eigenvalue weighted by Gasteiger charge is 2.81. The number of nitrogens with one attached hydrogen (secondary N) is 1. The Morgan fingerprint density at radius 3 is 2.31 bits per heavy atom. The third-order valence-electron chi connectivity index (χ3n) is 8.24. The van der Waals surface area contributed by atoms with E-state index in [1.54, 1.807) is 23.9 Å². The molecule has 4 aliphatic heterocycles. The molecular weight excluding hydrogens is 458 g/mol. The van der Waals surface area contributed by atoms with Crippen LogP contribution in [0, 0.1) is 5.41 Å². The van der Waals surface area contributed by atoms with Crippen LogP contribution in [0.3, 0.4) is 0 Å². The molecule has 0 aromatic heterocycles. The summed E-state index contributed by atoms with van der Waals surface area (Å²) in [7, 11) is 0. The normalized spacial score (nSPS) is 31.4. The van der Waals surface area contributed by atoms with Gasteiger partial charge in [-0.2, -0.15) is 0 Å². The van der Waals surface area contributed by atoms with E-state index in [1.165, 1.54) is 4.90 Å². The van der Waals surface area contributed by atoms with Gasteiger partial charge in [-0.25, -0.2) is 4.90 Å². The fourth-order valence-corrected chi connectivity index (χ4v) is 8.40. The third-order valence-corrected chi connectivity index (χ3v) is 9.28. The predicted molar refractivity (Wildman–Crippen MR) is 135 cm³/mol. The van der Waals surface area contributed by atoms with Gasteiger partial charge in [0, 0.05) is 41.3 Å². The van der Waals surface area contributed by atoms with Crippen LogP contribution in [-0.2, 0) is 19.9 Å². The van der Waals surface area contributed by atoms with Crippen LogP contribution in [0.1, 0.15) is 23.5 Å². The molecule has 1 N–H and O–H groups in total. The molecule has 2 spiro atoms. The zero-order chi connectivity index (χ0) is 23.8. The van der Waals surface area contributed by atoms with E-state index in [-0.39, 0.29) is 36.1 Å². The maximum Gasteiger partial charge on any atom is 0.250 e. The molecule has 7 rings (SSSR count). The molecule has 6 nitrogen and oxygen atoms in total. The summed E-state index contributed by atoms with van der Waals surface area (Å²) < 4.78 is 0. The van der Waals surface area contributed by atoms with Gasteiger partial charge in [0.2, 0.25) is 11.8 Å². The van der Waals surface area contributed by atoms with E-state index < -0.39 is 11.0 Å². The lowest BCUT2D eigenvalue weighted by Gasteiger charge is -2.43. The summed E-state index contributed by atoms with van der Waals surface area (Å²) in [5, 5.41) is 3.08. The van der Waals surface area contributed by atoms with E-state index in [9.17, 15) is 14.4 Å². The number of amides is 3. The lowest BCUT2D eigenvalue weighted by atomic mass is 9.59. The van der Waals surface area contributed by atoms with E-state index in [2.05, 4.69) is 10.2 Å². The Hall–Kier alpha value is -3.42. The molecule has 7 heteroatoms. The molecular formula is C28H23N3O3S. The molecule has 3 aromatic rings. The molecule has 4 aliphatic rings. The van der Waals surface area contributed by atoms with Crippen molar-refractivity contribution in [3.05, 3.63) is 96.1 Å². The Kier molecular flexibility index (Phi) is 4.36. The molecule has 3 fully saturated rings. The predicted octanol–water partition coefficient (Wildman–Crippen LogP) is 3.96. The van der Waals surface area contributed by atoms with E-state index in [0.717, 1.165) is 22.6 Å².